The van der Waals surface area contributed by atoms with Crippen LogP contribution in [-0.4, -0.2) is 60.6 Å². The fraction of sp³-hybridized carbons (Fsp3) is 1.00. The van der Waals surface area contributed by atoms with Gasteiger partial charge in [0.1, 0.15) is 0 Å². The zero-order chi connectivity index (χ0) is 12.8. The van der Waals surface area contributed by atoms with Crippen molar-refractivity contribution >= 4 is 0 Å². The second-order valence-corrected chi connectivity index (χ2v) is 5.71. The summed E-state index contributed by atoms with van der Waals surface area (Å²) in [6.07, 6.45) is 1.26. The maximum atomic E-state index is 3.51. The van der Waals surface area contributed by atoms with E-state index in [4.69, 9.17) is 0 Å². The third-order valence-corrected chi connectivity index (χ3v) is 3.95. The third kappa shape index (κ3) is 4.94. The number of hydrogen-bond acceptors (Lipinski definition) is 3. The van der Waals surface area contributed by atoms with E-state index in [0.29, 0.717) is 18.1 Å². The van der Waals surface area contributed by atoms with Gasteiger partial charge in [-0.15, -0.1) is 0 Å². The molecule has 1 fully saturated rings. The molecule has 2 unspecified atom stereocenters. The first-order valence-electron chi connectivity index (χ1n) is 7.26. The molecule has 0 aromatic heterocycles. The van der Waals surface area contributed by atoms with E-state index in [9.17, 15) is 0 Å². The van der Waals surface area contributed by atoms with E-state index in [1.807, 2.05) is 0 Å². The van der Waals surface area contributed by atoms with Crippen molar-refractivity contribution in [3.8, 4) is 0 Å². The minimum absolute atomic E-state index is 0.637. The van der Waals surface area contributed by atoms with Crippen LogP contribution in [0.15, 0.2) is 0 Å². The minimum Gasteiger partial charge on any atom is -0.314 e. The van der Waals surface area contributed by atoms with Gasteiger partial charge in [0, 0.05) is 44.3 Å². The Balaban J connectivity index is 2.28. The predicted octanol–water partition coefficient (Wildman–Crippen LogP) is 1.79. The summed E-state index contributed by atoms with van der Waals surface area (Å²) in [7, 11) is 0. The molecule has 0 saturated carbocycles. The van der Waals surface area contributed by atoms with Crippen LogP contribution in [0.4, 0.5) is 0 Å². The molecule has 0 bridgehead atoms. The Labute approximate surface area is 108 Å². The van der Waals surface area contributed by atoms with Gasteiger partial charge in [0.05, 0.1) is 0 Å². The maximum Gasteiger partial charge on any atom is 0.0113 e. The van der Waals surface area contributed by atoms with Gasteiger partial charge < -0.3 is 5.32 Å². The van der Waals surface area contributed by atoms with E-state index in [2.05, 4.69) is 49.7 Å². The van der Waals surface area contributed by atoms with Crippen LogP contribution >= 0.6 is 0 Å². The highest BCUT2D eigenvalue weighted by Crippen LogP contribution is 2.12. The lowest BCUT2D eigenvalue weighted by atomic mass is 10.1. The zero-order valence-electron chi connectivity index (χ0n) is 12.4. The molecule has 0 aromatic rings. The molecule has 3 nitrogen and oxygen atoms in total. The lowest BCUT2D eigenvalue weighted by Gasteiger charge is -2.40. The fourth-order valence-corrected chi connectivity index (χ4v) is 2.79. The first kappa shape index (κ1) is 14.9. The van der Waals surface area contributed by atoms with Gasteiger partial charge in [0.2, 0.25) is 0 Å². The Hall–Kier alpha value is -0.120. The Bertz CT molecular complexity index is 198. The molecule has 0 amide bonds. The van der Waals surface area contributed by atoms with Gasteiger partial charge in [-0.25, -0.2) is 0 Å². The van der Waals surface area contributed by atoms with Crippen LogP contribution in [0.5, 0.6) is 0 Å². The molecule has 1 N–H and O–H groups in total. The second kappa shape index (κ2) is 7.34. The highest BCUT2D eigenvalue weighted by atomic mass is 15.3. The van der Waals surface area contributed by atoms with Gasteiger partial charge in [-0.3, -0.25) is 9.80 Å². The number of rotatable bonds is 6. The van der Waals surface area contributed by atoms with Crippen molar-refractivity contribution < 1.29 is 0 Å². The summed E-state index contributed by atoms with van der Waals surface area (Å²) in [4.78, 5) is 5.23. The second-order valence-electron chi connectivity index (χ2n) is 5.71. The predicted molar refractivity (Wildman–Crippen MR) is 75.5 cm³/mol. The SMILES string of the molecule is CCNC(C)CC(C)N1CCN(C(C)C)CC1. The van der Waals surface area contributed by atoms with Gasteiger partial charge in [-0.05, 0) is 40.7 Å². The molecule has 3 heteroatoms. The van der Waals surface area contributed by atoms with Crippen molar-refractivity contribution in [2.75, 3.05) is 32.7 Å². The van der Waals surface area contributed by atoms with Crippen LogP contribution in [0, 0.1) is 0 Å². The van der Waals surface area contributed by atoms with Crippen LogP contribution in [0.1, 0.15) is 41.0 Å². The van der Waals surface area contributed by atoms with Crippen molar-refractivity contribution in [2.24, 2.45) is 0 Å². The van der Waals surface area contributed by atoms with E-state index >= 15 is 0 Å². The number of nitrogens with one attached hydrogen (secondary N) is 1. The van der Waals surface area contributed by atoms with Crippen LogP contribution in [0.3, 0.4) is 0 Å². The molecule has 1 aliphatic heterocycles. The van der Waals surface area contributed by atoms with Crippen molar-refractivity contribution in [2.45, 2.75) is 59.2 Å². The Morgan fingerprint density at radius 3 is 1.94 bits per heavy atom. The number of hydrogen-bond donors (Lipinski definition) is 1. The van der Waals surface area contributed by atoms with E-state index in [0.717, 1.165) is 6.54 Å². The molecule has 17 heavy (non-hydrogen) atoms. The van der Waals surface area contributed by atoms with Crippen LogP contribution in [-0.2, 0) is 0 Å². The van der Waals surface area contributed by atoms with Crippen LogP contribution in [0.25, 0.3) is 0 Å². The molecular formula is C14H31N3. The Morgan fingerprint density at radius 2 is 1.47 bits per heavy atom. The van der Waals surface area contributed by atoms with E-state index < -0.39 is 0 Å². The lowest BCUT2D eigenvalue weighted by molar-refractivity contribution is 0.0778. The van der Waals surface area contributed by atoms with Crippen LogP contribution in [0.2, 0.25) is 0 Å². The third-order valence-electron chi connectivity index (χ3n) is 3.95. The normalized spacial score (nSPS) is 22.9. The monoisotopic (exact) mass is 241 g/mol. The quantitative estimate of drug-likeness (QED) is 0.765. The molecule has 0 radical (unpaired) electrons. The van der Waals surface area contributed by atoms with Crippen molar-refractivity contribution in [1.29, 1.82) is 0 Å². The Morgan fingerprint density at radius 1 is 0.941 bits per heavy atom. The van der Waals surface area contributed by atoms with Crippen molar-refractivity contribution in [3.05, 3.63) is 0 Å². The number of piperazine rings is 1. The zero-order valence-corrected chi connectivity index (χ0v) is 12.4. The van der Waals surface area contributed by atoms with Crippen LogP contribution < -0.4 is 5.32 Å². The largest absolute Gasteiger partial charge is 0.314 e. The molecule has 102 valence electrons. The summed E-state index contributed by atoms with van der Waals surface area (Å²) < 4.78 is 0. The Kier molecular flexibility index (Phi) is 6.45. The molecule has 1 aliphatic rings. The first-order valence-corrected chi connectivity index (χ1v) is 7.26. The van der Waals surface area contributed by atoms with Crippen molar-refractivity contribution in [1.82, 2.24) is 15.1 Å². The first-order chi connectivity index (χ1) is 8.04. The standard InChI is InChI=1S/C14H31N3/c1-6-15-13(4)11-14(5)17-9-7-16(8-10-17)12(2)3/h12-15H,6-11H2,1-5H3. The molecule has 2 atom stereocenters. The molecule has 1 saturated heterocycles. The van der Waals surface area contributed by atoms with E-state index in [1.54, 1.807) is 0 Å². The number of nitrogens with zero attached hydrogens (tertiary/aromatic N) is 2. The summed E-state index contributed by atoms with van der Waals surface area (Å²) in [6.45, 7) is 17.5. The van der Waals surface area contributed by atoms with E-state index in [1.165, 1.54) is 32.6 Å². The minimum atomic E-state index is 0.637. The van der Waals surface area contributed by atoms with Gasteiger partial charge >= 0.3 is 0 Å². The van der Waals surface area contributed by atoms with Gasteiger partial charge in [-0.1, -0.05) is 6.92 Å². The highest BCUT2D eigenvalue weighted by molar-refractivity contribution is 4.79. The summed E-state index contributed by atoms with van der Waals surface area (Å²) in [5.74, 6) is 0. The topological polar surface area (TPSA) is 18.5 Å². The molecule has 1 rings (SSSR count). The summed E-state index contributed by atoms with van der Waals surface area (Å²) in [5.41, 5.74) is 0. The molecule has 0 aliphatic carbocycles. The molecule has 0 aromatic carbocycles. The lowest BCUT2D eigenvalue weighted by Crippen LogP contribution is -2.52. The maximum absolute atomic E-state index is 3.51. The average molecular weight is 241 g/mol. The summed E-state index contributed by atoms with van der Waals surface area (Å²) in [6, 6.07) is 2.05. The molecule has 0 spiro atoms. The molecular weight excluding hydrogens is 210 g/mol. The molecule has 1 heterocycles. The summed E-state index contributed by atoms with van der Waals surface area (Å²) >= 11 is 0. The highest BCUT2D eigenvalue weighted by Gasteiger charge is 2.22. The average Bonchev–Trinajstić information content (AvgIpc) is 2.29. The fourth-order valence-electron chi connectivity index (χ4n) is 2.79. The van der Waals surface area contributed by atoms with E-state index in [-0.39, 0.29) is 0 Å². The smallest absolute Gasteiger partial charge is 0.0113 e. The van der Waals surface area contributed by atoms with Crippen molar-refractivity contribution in [3.63, 3.8) is 0 Å². The van der Waals surface area contributed by atoms with Gasteiger partial charge in [0.25, 0.3) is 0 Å². The summed E-state index contributed by atoms with van der Waals surface area (Å²) in [5, 5.41) is 3.51. The van der Waals surface area contributed by atoms with Gasteiger partial charge in [0.15, 0.2) is 0 Å². The van der Waals surface area contributed by atoms with Gasteiger partial charge in [-0.2, -0.15) is 0 Å².